The fraction of sp³-hybridized carbons (Fsp3) is 0.400. The summed E-state index contributed by atoms with van der Waals surface area (Å²) >= 11 is 0. The predicted molar refractivity (Wildman–Crippen MR) is 100 cm³/mol. The van der Waals surface area contributed by atoms with Crippen molar-refractivity contribution in [3.63, 3.8) is 0 Å². The molecule has 2 N–H and O–H groups in total. The molecule has 0 saturated carbocycles. The lowest BCUT2D eigenvalue weighted by Gasteiger charge is -2.28. The third-order valence-corrected chi connectivity index (χ3v) is 3.64. The number of nitrogens with one attached hydrogen (secondary N) is 2. The van der Waals surface area contributed by atoms with E-state index in [4.69, 9.17) is 10.00 Å². The van der Waals surface area contributed by atoms with Gasteiger partial charge in [-0.1, -0.05) is 18.2 Å². The van der Waals surface area contributed by atoms with Crippen molar-refractivity contribution >= 4 is 23.1 Å². The molecule has 2 rings (SSSR count). The number of nitriles is 1. The molecule has 1 aromatic carbocycles. The van der Waals surface area contributed by atoms with E-state index in [1.807, 2.05) is 65.1 Å². The number of hydrogen-bond donors (Lipinski definition) is 2. The van der Waals surface area contributed by atoms with E-state index in [0.717, 1.165) is 22.0 Å². The molecule has 5 nitrogen and oxygen atoms in total. The van der Waals surface area contributed by atoms with Crippen molar-refractivity contribution in [3.8, 4) is 6.07 Å². The number of aromatic nitrogens is 1. The Morgan fingerprint density at radius 3 is 2.68 bits per heavy atom. The zero-order valence-electron chi connectivity index (χ0n) is 15.4. The summed E-state index contributed by atoms with van der Waals surface area (Å²) in [5, 5.41) is 12.7. The average Bonchev–Trinajstić information content (AvgIpc) is 2.85. The van der Waals surface area contributed by atoms with Crippen molar-refractivity contribution in [2.75, 3.05) is 0 Å². The minimum Gasteiger partial charge on any atom is -0.444 e. The number of carbonyl (C=O) groups is 1. The van der Waals surface area contributed by atoms with Gasteiger partial charge in [0.05, 0.1) is 11.6 Å². The molecule has 1 amide bonds. The van der Waals surface area contributed by atoms with Crippen LogP contribution >= 0.6 is 0 Å². The zero-order chi connectivity index (χ0) is 18.7. The number of carbonyl (C=O) groups excluding carboxylic acids is 1. The number of alkyl carbamates (subject to hydrolysis) is 1. The van der Waals surface area contributed by atoms with E-state index in [9.17, 15) is 4.79 Å². The van der Waals surface area contributed by atoms with Crippen LogP contribution in [0.3, 0.4) is 0 Å². The number of hydrogen-bond acceptors (Lipinski definition) is 3. The summed E-state index contributed by atoms with van der Waals surface area (Å²) in [5.41, 5.74) is 2.06. The van der Waals surface area contributed by atoms with E-state index in [2.05, 4.69) is 10.3 Å². The topological polar surface area (TPSA) is 77.9 Å². The van der Waals surface area contributed by atoms with E-state index in [1.165, 1.54) is 6.08 Å². The standard InChI is InChI=1S/C20H25N3O2/c1-19(2,3)25-18(24)23-20(4,5)12-15-13-22-17-14(9-7-11-21)8-6-10-16(15)17/h6-10,13,22H,12H2,1-5H3,(H,23,24)/b9-7+. The van der Waals surface area contributed by atoms with Crippen LogP contribution in [0.25, 0.3) is 17.0 Å². The highest BCUT2D eigenvalue weighted by molar-refractivity contribution is 5.90. The molecule has 0 atom stereocenters. The third-order valence-electron chi connectivity index (χ3n) is 3.64. The molecule has 0 aliphatic rings. The molecule has 5 heteroatoms. The van der Waals surface area contributed by atoms with Gasteiger partial charge in [-0.3, -0.25) is 0 Å². The SMILES string of the molecule is CC(C)(Cc1c[nH]c2c(/C=C/C#N)cccc12)NC(=O)OC(C)(C)C. The van der Waals surface area contributed by atoms with Gasteiger partial charge in [0.1, 0.15) is 5.60 Å². The number of benzene rings is 1. The molecule has 132 valence electrons. The molecule has 0 aliphatic carbocycles. The molecular formula is C20H25N3O2. The summed E-state index contributed by atoms with van der Waals surface area (Å²) in [6, 6.07) is 7.97. The van der Waals surface area contributed by atoms with Gasteiger partial charge in [0.25, 0.3) is 0 Å². The summed E-state index contributed by atoms with van der Waals surface area (Å²) in [7, 11) is 0. The van der Waals surface area contributed by atoms with Crippen LogP contribution in [0.1, 0.15) is 45.7 Å². The summed E-state index contributed by atoms with van der Waals surface area (Å²) in [6.45, 7) is 9.46. The van der Waals surface area contributed by atoms with E-state index < -0.39 is 17.2 Å². The number of amides is 1. The Balaban J connectivity index is 2.21. The maximum absolute atomic E-state index is 12.1. The Hall–Kier alpha value is -2.74. The van der Waals surface area contributed by atoms with Gasteiger partial charge in [-0.2, -0.15) is 5.26 Å². The molecule has 0 unspecified atom stereocenters. The van der Waals surface area contributed by atoms with Gasteiger partial charge in [0, 0.05) is 23.2 Å². The number of allylic oxidation sites excluding steroid dienone is 1. The maximum Gasteiger partial charge on any atom is 0.408 e. The van der Waals surface area contributed by atoms with Crippen molar-refractivity contribution in [2.45, 2.75) is 52.2 Å². The fourth-order valence-corrected chi connectivity index (χ4v) is 2.75. The number of ether oxygens (including phenoxy) is 1. The van der Waals surface area contributed by atoms with Crippen LogP contribution in [0.15, 0.2) is 30.5 Å². The normalized spacial score (nSPS) is 12.3. The predicted octanol–water partition coefficient (Wildman–Crippen LogP) is 4.55. The lowest BCUT2D eigenvalue weighted by molar-refractivity contribution is 0.0472. The highest BCUT2D eigenvalue weighted by Crippen LogP contribution is 2.26. The Bertz CT molecular complexity index is 833. The summed E-state index contributed by atoms with van der Waals surface area (Å²) in [6.07, 6.45) is 5.43. The Labute approximate surface area is 148 Å². The second-order valence-electron chi connectivity index (χ2n) is 7.73. The Morgan fingerprint density at radius 2 is 2.04 bits per heavy atom. The van der Waals surface area contributed by atoms with Gasteiger partial charge < -0.3 is 15.0 Å². The molecule has 1 aromatic heterocycles. The largest absolute Gasteiger partial charge is 0.444 e. The molecule has 2 aromatic rings. The van der Waals surface area contributed by atoms with Crippen molar-refractivity contribution in [1.82, 2.24) is 10.3 Å². The minimum absolute atomic E-state index is 0.421. The average molecular weight is 339 g/mol. The fourth-order valence-electron chi connectivity index (χ4n) is 2.75. The first-order valence-corrected chi connectivity index (χ1v) is 8.28. The lowest BCUT2D eigenvalue weighted by Crippen LogP contribution is -2.47. The van der Waals surface area contributed by atoms with Crippen LogP contribution < -0.4 is 5.32 Å². The van der Waals surface area contributed by atoms with E-state index in [-0.39, 0.29) is 0 Å². The van der Waals surface area contributed by atoms with Gasteiger partial charge in [0.15, 0.2) is 0 Å². The molecule has 25 heavy (non-hydrogen) atoms. The first-order chi connectivity index (χ1) is 11.6. The quantitative estimate of drug-likeness (QED) is 0.802. The molecule has 0 saturated heterocycles. The molecule has 0 radical (unpaired) electrons. The number of fused-ring (bicyclic) bond motifs is 1. The number of nitrogens with zero attached hydrogens (tertiary/aromatic N) is 1. The van der Waals surface area contributed by atoms with Gasteiger partial charge in [0.2, 0.25) is 0 Å². The van der Waals surface area contributed by atoms with Crippen LogP contribution in [-0.4, -0.2) is 22.2 Å². The summed E-state index contributed by atoms with van der Waals surface area (Å²) in [5.74, 6) is 0. The van der Waals surface area contributed by atoms with Gasteiger partial charge in [-0.25, -0.2) is 4.79 Å². The Kier molecular flexibility index (Phi) is 5.22. The second-order valence-corrected chi connectivity index (χ2v) is 7.73. The molecule has 1 heterocycles. The van der Waals surface area contributed by atoms with Crippen molar-refractivity contribution < 1.29 is 9.53 Å². The van der Waals surface area contributed by atoms with E-state index >= 15 is 0 Å². The van der Waals surface area contributed by atoms with E-state index in [1.54, 1.807) is 6.08 Å². The summed E-state index contributed by atoms with van der Waals surface area (Å²) in [4.78, 5) is 15.3. The van der Waals surface area contributed by atoms with Crippen molar-refractivity contribution in [2.24, 2.45) is 0 Å². The minimum atomic E-state index is -0.525. The highest BCUT2D eigenvalue weighted by Gasteiger charge is 2.26. The molecule has 0 aliphatic heterocycles. The first-order valence-electron chi connectivity index (χ1n) is 8.28. The number of H-pyrrole nitrogens is 1. The smallest absolute Gasteiger partial charge is 0.408 e. The third kappa shape index (κ3) is 5.12. The Morgan fingerprint density at radius 1 is 1.32 bits per heavy atom. The van der Waals surface area contributed by atoms with Gasteiger partial charge in [-0.15, -0.1) is 0 Å². The van der Waals surface area contributed by atoms with Gasteiger partial charge in [-0.05, 0) is 58.2 Å². The molecule has 0 fully saturated rings. The van der Waals surface area contributed by atoms with Crippen LogP contribution in [0.2, 0.25) is 0 Å². The van der Waals surface area contributed by atoms with E-state index in [0.29, 0.717) is 6.42 Å². The first kappa shape index (κ1) is 18.6. The van der Waals surface area contributed by atoms with Crippen LogP contribution in [0.5, 0.6) is 0 Å². The molecular weight excluding hydrogens is 314 g/mol. The van der Waals surface area contributed by atoms with Gasteiger partial charge >= 0.3 is 6.09 Å². The monoisotopic (exact) mass is 339 g/mol. The van der Waals surface area contributed by atoms with Crippen LogP contribution in [0, 0.1) is 11.3 Å². The summed E-state index contributed by atoms with van der Waals surface area (Å²) < 4.78 is 5.35. The lowest BCUT2D eigenvalue weighted by atomic mass is 9.94. The molecule has 0 bridgehead atoms. The number of para-hydroxylation sites is 1. The van der Waals surface area contributed by atoms with Crippen molar-refractivity contribution in [1.29, 1.82) is 5.26 Å². The highest BCUT2D eigenvalue weighted by atomic mass is 16.6. The number of rotatable bonds is 4. The molecule has 0 spiro atoms. The maximum atomic E-state index is 12.1. The number of aromatic amines is 1. The van der Waals surface area contributed by atoms with Crippen LogP contribution in [0.4, 0.5) is 4.79 Å². The second kappa shape index (κ2) is 7.02. The van der Waals surface area contributed by atoms with Crippen molar-refractivity contribution in [3.05, 3.63) is 41.6 Å². The van der Waals surface area contributed by atoms with Crippen LogP contribution in [-0.2, 0) is 11.2 Å². The zero-order valence-corrected chi connectivity index (χ0v) is 15.4.